The fourth-order valence-corrected chi connectivity index (χ4v) is 4.28. The molecule has 21 heavy (non-hydrogen) atoms. The van der Waals surface area contributed by atoms with E-state index in [-0.39, 0.29) is 0 Å². The van der Waals surface area contributed by atoms with Crippen LogP contribution in [0.3, 0.4) is 0 Å². The van der Waals surface area contributed by atoms with Crippen LogP contribution in [0.1, 0.15) is 47.9 Å². The van der Waals surface area contributed by atoms with Crippen LogP contribution in [0, 0.1) is 6.92 Å². The summed E-state index contributed by atoms with van der Waals surface area (Å²) in [7, 11) is 0. The van der Waals surface area contributed by atoms with Gasteiger partial charge in [-0.15, -0.1) is 11.3 Å². The van der Waals surface area contributed by atoms with Gasteiger partial charge in [0.15, 0.2) is 0 Å². The summed E-state index contributed by atoms with van der Waals surface area (Å²) >= 11 is 1.78. The Labute approximate surface area is 131 Å². The van der Waals surface area contributed by atoms with E-state index in [4.69, 9.17) is 0 Å². The molecule has 0 N–H and O–H groups in total. The molecule has 3 heterocycles. The van der Waals surface area contributed by atoms with Gasteiger partial charge < -0.3 is 9.80 Å². The average Bonchev–Trinajstić information content (AvgIpc) is 3.16. The fraction of sp³-hybridized carbons (Fsp3) is 0.750. The Morgan fingerprint density at radius 2 is 2.14 bits per heavy atom. The molecule has 2 aliphatic rings. The van der Waals surface area contributed by atoms with Crippen LogP contribution in [-0.4, -0.2) is 53.4 Å². The van der Waals surface area contributed by atoms with Gasteiger partial charge in [0.25, 0.3) is 0 Å². The van der Waals surface area contributed by atoms with Gasteiger partial charge in [0.2, 0.25) is 5.91 Å². The van der Waals surface area contributed by atoms with Crippen molar-refractivity contribution in [2.24, 2.45) is 0 Å². The van der Waals surface area contributed by atoms with Crippen molar-refractivity contribution in [2.45, 2.75) is 44.9 Å². The summed E-state index contributed by atoms with van der Waals surface area (Å²) in [5, 5.41) is 1.21. The molecular formula is C16H25N3OS. The number of carbonyl (C=O) groups is 1. The Morgan fingerprint density at radius 3 is 2.86 bits per heavy atom. The maximum atomic E-state index is 12.4. The molecule has 0 spiro atoms. The molecule has 0 aromatic carbocycles. The third-order valence-electron chi connectivity index (χ3n) is 4.60. The Hall–Kier alpha value is -0.940. The smallest absolute Gasteiger partial charge is 0.223 e. The fourth-order valence-electron chi connectivity index (χ4n) is 3.38. The molecule has 1 aromatic heterocycles. The Bertz CT molecular complexity index is 482. The number of hydrogen-bond donors (Lipinski definition) is 0. The quantitative estimate of drug-likeness (QED) is 0.858. The number of piperidine rings is 1. The highest BCUT2D eigenvalue weighted by molar-refractivity contribution is 7.11. The predicted octanol–water partition coefficient (Wildman–Crippen LogP) is 2.64. The van der Waals surface area contributed by atoms with Crippen LogP contribution in [0.25, 0.3) is 0 Å². The van der Waals surface area contributed by atoms with Crippen molar-refractivity contribution >= 4 is 17.2 Å². The lowest BCUT2D eigenvalue weighted by Crippen LogP contribution is -2.40. The summed E-state index contributed by atoms with van der Waals surface area (Å²) in [6.07, 6.45) is 7.51. The van der Waals surface area contributed by atoms with Crippen LogP contribution in [0.15, 0.2) is 6.20 Å². The van der Waals surface area contributed by atoms with Crippen molar-refractivity contribution in [2.75, 3.05) is 32.7 Å². The number of aryl methyl sites for hydroxylation is 1. The van der Waals surface area contributed by atoms with Gasteiger partial charge in [-0.3, -0.25) is 4.79 Å². The maximum Gasteiger partial charge on any atom is 0.223 e. The van der Waals surface area contributed by atoms with E-state index in [0.717, 1.165) is 26.1 Å². The number of likely N-dealkylation sites (tertiary alicyclic amines) is 2. The Morgan fingerprint density at radius 1 is 1.33 bits per heavy atom. The van der Waals surface area contributed by atoms with Crippen molar-refractivity contribution in [3.8, 4) is 0 Å². The van der Waals surface area contributed by atoms with Crippen molar-refractivity contribution in [3.05, 3.63) is 16.1 Å². The van der Waals surface area contributed by atoms with Gasteiger partial charge in [0.1, 0.15) is 0 Å². The second-order valence-corrected chi connectivity index (χ2v) is 7.55. The van der Waals surface area contributed by atoms with Crippen LogP contribution in [0.4, 0.5) is 0 Å². The molecule has 1 aromatic rings. The van der Waals surface area contributed by atoms with E-state index in [0.29, 0.717) is 18.2 Å². The molecule has 0 aliphatic carbocycles. The van der Waals surface area contributed by atoms with E-state index in [1.807, 2.05) is 6.20 Å². The minimum Gasteiger partial charge on any atom is -0.342 e. The summed E-state index contributed by atoms with van der Waals surface area (Å²) in [6, 6.07) is 0. The van der Waals surface area contributed by atoms with E-state index in [1.54, 1.807) is 11.3 Å². The summed E-state index contributed by atoms with van der Waals surface area (Å²) in [6.45, 7) is 7.19. The highest BCUT2D eigenvalue weighted by atomic mass is 32.1. The van der Waals surface area contributed by atoms with E-state index < -0.39 is 0 Å². The predicted molar refractivity (Wildman–Crippen MR) is 85.7 cm³/mol. The Kier molecular flexibility index (Phi) is 4.91. The molecule has 116 valence electrons. The zero-order valence-corrected chi connectivity index (χ0v) is 13.7. The molecule has 4 nitrogen and oxygen atoms in total. The second-order valence-electron chi connectivity index (χ2n) is 6.29. The first-order chi connectivity index (χ1) is 10.2. The SMILES string of the molecule is Cc1cnc(C2CCCN(C(=O)CCN3CCCC3)C2)s1. The number of amides is 1. The third kappa shape index (κ3) is 3.83. The lowest BCUT2D eigenvalue weighted by Gasteiger charge is -2.32. The molecule has 0 saturated carbocycles. The summed E-state index contributed by atoms with van der Waals surface area (Å²) in [4.78, 5) is 22.7. The zero-order valence-electron chi connectivity index (χ0n) is 12.9. The van der Waals surface area contributed by atoms with Crippen molar-refractivity contribution in [1.82, 2.24) is 14.8 Å². The highest BCUT2D eigenvalue weighted by Gasteiger charge is 2.26. The molecule has 2 fully saturated rings. The normalized spacial score (nSPS) is 23.7. The van der Waals surface area contributed by atoms with Gasteiger partial charge in [0, 0.05) is 43.0 Å². The van der Waals surface area contributed by atoms with Crippen LogP contribution in [-0.2, 0) is 4.79 Å². The molecule has 1 unspecified atom stereocenters. The van der Waals surface area contributed by atoms with E-state index in [1.165, 1.54) is 42.2 Å². The molecule has 5 heteroatoms. The lowest BCUT2D eigenvalue weighted by atomic mass is 9.98. The molecule has 2 saturated heterocycles. The van der Waals surface area contributed by atoms with Crippen LogP contribution in [0.2, 0.25) is 0 Å². The van der Waals surface area contributed by atoms with E-state index >= 15 is 0 Å². The van der Waals surface area contributed by atoms with E-state index in [2.05, 4.69) is 21.7 Å². The van der Waals surface area contributed by atoms with Crippen LogP contribution < -0.4 is 0 Å². The lowest BCUT2D eigenvalue weighted by molar-refractivity contribution is -0.132. The molecule has 0 bridgehead atoms. The molecule has 3 rings (SSSR count). The van der Waals surface area contributed by atoms with Gasteiger partial charge in [-0.25, -0.2) is 4.98 Å². The van der Waals surface area contributed by atoms with Gasteiger partial charge in [-0.2, -0.15) is 0 Å². The molecular weight excluding hydrogens is 282 g/mol. The summed E-state index contributed by atoms with van der Waals surface area (Å²) in [5.41, 5.74) is 0. The Balaban J connectivity index is 1.51. The minimum absolute atomic E-state index is 0.333. The molecule has 1 atom stereocenters. The van der Waals surface area contributed by atoms with Crippen LogP contribution in [0.5, 0.6) is 0 Å². The first-order valence-electron chi connectivity index (χ1n) is 8.15. The van der Waals surface area contributed by atoms with Gasteiger partial charge in [-0.1, -0.05) is 0 Å². The minimum atomic E-state index is 0.333. The second kappa shape index (κ2) is 6.88. The van der Waals surface area contributed by atoms with Gasteiger partial charge in [0.05, 0.1) is 5.01 Å². The number of hydrogen-bond acceptors (Lipinski definition) is 4. The number of thiazole rings is 1. The zero-order chi connectivity index (χ0) is 14.7. The van der Waals surface area contributed by atoms with Crippen molar-refractivity contribution in [3.63, 3.8) is 0 Å². The summed E-state index contributed by atoms with van der Waals surface area (Å²) in [5.74, 6) is 0.785. The largest absolute Gasteiger partial charge is 0.342 e. The van der Waals surface area contributed by atoms with Gasteiger partial charge in [-0.05, 0) is 45.7 Å². The first-order valence-corrected chi connectivity index (χ1v) is 8.96. The van der Waals surface area contributed by atoms with Gasteiger partial charge >= 0.3 is 0 Å². The number of carbonyl (C=O) groups excluding carboxylic acids is 1. The topological polar surface area (TPSA) is 36.4 Å². The van der Waals surface area contributed by atoms with E-state index in [9.17, 15) is 4.79 Å². The molecule has 0 radical (unpaired) electrons. The number of aromatic nitrogens is 1. The van der Waals surface area contributed by atoms with Crippen LogP contribution >= 0.6 is 11.3 Å². The first kappa shape index (κ1) is 15.0. The highest BCUT2D eigenvalue weighted by Crippen LogP contribution is 2.30. The third-order valence-corrected chi connectivity index (χ3v) is 5.68. The number of rotatable bonds is 4. The molecule has 1 amide bonds. The van der Waals surface area contributed by atoms with Crippen molar-refractivity contribution < 1.29 is 4.79 Å². The maximum absolute atomic E-state index is 12.4. The summed E-state index contributed by atoms with van der Waals surface area (Å²) < 4.78 is 0. The molecule has 2 aliphatic heterocycles. The number of nitrogens with zero attached hydrogens (tertiary/aromatic N) is 3. The monoisotopic (exact) mass is 307 g/mol. The standard InChI is InChI=1S/C16H25N3OS/c1-13-11-17-16(21-13)14-5-4-9-19(12-14)15(20)6-10-18-7-2-3-8-18/h11,14H,2-10,12H2,1H3. The average molecular weight is 307 g/mol. The van der Waals surface area contributed by atoms with Crippen molar-refractivity contribution in [1.29, 1.82) is 0 Å².